The van der Waals surface area contributed by atoms with Crippen LogP contribution in [0.25, 0.3) is 0 Å². The molecule has 8 nitrogen and oxygen atoms in total. The van der Waals surface area contributed by atoms with Crippen LogP contribution in [0.4, 0.5) is 0 Å². The summed E-state index contributed by atoms with van der Waals surface area (Å²) in [6.07, 6.45) is 0.807. The second-order valence-electron chi connectivity index (χ2n) is 4.00. The summed E-state index contributed by atoms with van der Waals surface area (Å²) in [5.74, 6) is 4.43. The first-order valence-electron chi connectivity index (χ1n) is 5.38. The van der Waals surface area contributed by atoms with Gasteiger partial charge in [0.15, 0.2) is 5.69 Å². The Morgan fingerprint density at radius 1 is 1.35 bits per heavy atom. The van der Waals surface area contributed by atoms with Gasteiger partial charge in [0, 0.05) is 0 Å². The van der Waals surface area contributed by atoms with E-state index in [1.807, 2.05) is 6.92 Å². The number of carbonyl (C=O) groups is 1. The van der Waals surface area contributed by atoms with Gasteiger partial charge in [-0.1, -0.05) is 17.7 Å². The molecule has 0 aliphatic rings. The van der Waals surface area contributed by atoms with E-state index in [1.165, 1.54) is 0 Å². The first kappa shape index (κ1) is 14.0. The lowest BCUT2D eigenvalue weighted by Gasteiger charge is -2.03. The molecule has 0 saturated heterocycles. The third-order valence-corrected chi connectivity index (χ3v) is 3.26. The summed E-state index contributed by atoms with van der Waals surface area (Å²) in [5, 5.41) is 3.47. The summed E-state index contributed by atoms with van der Waals surface area (Å²) in [7, 11) is -4.62. The summed E-state index contributed by atoms with van der Waals surface area (Å²) in [6, 6.07) is 6.52. The molecule has 1 aromatic carbocycles. The Morgan fingerprint density at radius 3 is 2.50 bits per heavy atom. The van der Waals surface area contributed by atoms with E-state index in [2.05, 4.69) is 5.10 Å². The Bertz CT molecular complexity index is 749. The zero-order valence-corrected chi connectivity index (χ0v) is 11.2. The molecule has 1 aromatic heterocycles. The quantitative estimate of drug-likeness (QED) is 0.363. The molecular weight excluding hydrogens is 286 g/mol. The third-order valence-electron chi connectivity index (χ3n) is 2.40. The maximum Gasteiger partial charge on any atom is 0.365 e. The van der Waals surface area contributed by atoms with E-state index < -0.39 is 26.7 Å². The van der Waals surface area contributed by atoms with Crippen LogP contribution in [0.1, 0.15) is 16.1 Å². The topological polar surface area (TPSA) is 125 Å². The molecule has 0 bridgehead atoms. The number of rotatable bonds is 3. The fourth-order valence-corrected chi connectivity index (χ4v) is 2.08. The zero-order chi connectivity index (χ0) is 14.9. The van der Waals surface area contributed by atoms with Crippen molar-refractivity contribution in [3.05, 3.63) is 41.7 Å². The predicted molar refractivity (Wildman–Crippen MR) is 68.3 cm³/mol. The fourth-order valence-electron chi connectivity index (χ4n) is 1.47. The average molecular weight is 297 g/mol. The maximum atomic E-state index is 11.9. The average Bonchev–Trinajstić information content (AvgIpc) is 2.74. The molecule has 0 fully saturated rings. The van der Waals surface area contributed by atoms with Crippen LogP contribution in [0.5, 0.6) is 5.75 Å². The molecule has 0 atom stereocenters. The Hall–Kier alpha value is -2.39. The maximum absolute atomic E-state index is 11.9. The lowest BCUT2D eigenvalue weighted by molar-refractivity contribution is 0.0723. The van der Waals surface area contributed by atoms with Gasteiger partial charge in [0.1, 0.15) is 10.6 Å². The van der Waals surface area contributed by atoms with E-state index in [9.17, 15) is 13.2 Å². The number of aryl methyl sites for hydroxylation is 1. The van der Waals surface area contributed by atoms with E-state index in [0.29, 0.717) is 4.79 Å². The van der Waals surface area contributed by atoms with E-state index in [1.54, 1.807) is 24.3 Å². The zero-order valence-electron chi connectivity index (χ0n) is 10.3. The van der Waals surface area contributed by atoms with Crippen LogP contribution in [-0.4, -0.2) is 28.8 Å². The number of hydrogen-bond acceptors (Lipinski definition) is 6. The highest BCUT2D eigenvalue weighted by Crippen LogP contribution is 2.17. The Morgan fingerprint density at radius 2 is 1.95 bits per heavy atom. The SMILES string of the molecule is Cc1ccc(OC(=O)c2nn(N)cc2S(=O)(=O)O)cc1. The van der Waals surface area contributed by atoms with Crippen molar-refractivity contribution in [1.29, 1.82) is 0 Å². The number of ether oxygens (including phenoxy) is 1. The number of benzene rings is 1. The molecule has 9 heteroatoms. The molecule has 2 aromatic rings. The van der Waals surface area contributed by atoms with Crippen molar-refractivity contribution in [3.8, 4) is 5.75 Å². The van der Waals surface area contributed by atoms with Gasteiger partial charge < -0.3 is 10.6 Å². The van der Waals surface area contributed by atoms with Crippen LogP contribution in [0.15, 0.2) is 35.4 Å². The van der Waals surface area contributed by atoms with Gasteiger partial charge in [0.25, 0.3) is 10.1 Å². The van der Waals surface area contributed by atoms with Crippen LogP contribution in [0.3, 0.4) is 0 Å². The molecule has 0 saturated carbocycles. The van der Waals surface area contributed by atoms with E-state index in [-0.39, 0.29) is 5.75 Å². The number of hydrogen-bond donors (Lipinski definition) is 2. The number of nitrogens with zero attached hydrogens (tertiary/aromatic N) is 2. The number of nitrogens with two attached hydrogens (primary N) is 1. The second-order valence-corrected chi connectivity index (χ2v) is 5.39. The number of nitrogen functional groups attached to an aromatic ring is 1. The third kappa shape index (κ3) is 2.95. The highest BCUT2D eigenvalue weighted by Gasteiger charge is 2.26. The molecule has 0 amide bonds. The molecule has 0 aliphatic heterocycles. The molecule has 20 heavy (non-hydrogen) atoms. The number of esters is 1. The van der Waals surface area contributed by atoms with Crippen LogP contribution >= 0.6 is 0 Å². The minimum Gasteiger partial charge on any atom is -0.422 e. The van der Waals surface area contributed by atoms with Gasteiger partial charge in [0.2, 0.25) is 0 Å². The summed E-state index contributed by atoms with van der Waals surface area (Å²) >= 11 is 0. The van der Waals surface area contributed by atoms with Crippen LogP contribution in [-0.2, 0) is 10.1 Å². The van der Waals surface area contributed by atoms with Gasteiger partial charge in [0.05, 0.1) is 6.20 Å². The Labute approximate surface area is 114 Å². The number of aromatic nitrogens is 2. The minimum atomic E-state index is -4.62. The normalized spacial score (nSPS) is 11.3. The van der Waals surface area contributed by atoms with Crippen molar-refractivity contribution in [2.45, 2.75) is 11.8 Å². The van der Waals surface area contributed by atoms with E-state index in [0.717, 1.165) is 11.8 Å². The molecular formula is C11H11N3O5S. The second kappa shape index (κ2) is 4.94. The molecule has 0 spiro atoms. The van der Waals surface area contributed by atoms with E-state index >= 15 is 0 Å². The monoisotopic (exact) mass is 297 g/mol. The largest absolute Gasteiger partial charge is 0.422 e. The van der Waals surface area contributed by atoms with Crippen LogP contribution in [0, 0.1) is 6.92 Å². The lowest BCUT2D eigenvalue weighted by atomic mass is 10.2. The molecule has 106 valence electrons. The molecule has 0 radical (unpaired) electrons. The number of carbonyl (C=O) groups excluding carboxylic acids is 1. The summed E-state index contributed by atoms with van der Waals surface area (Å²) in [4.78, 5) is 11.7. The summed E-state index contributed by atoms with van der Waals surface area (Å²) < 4.78 is 36.2. The first-order valence-corrected chi connectivity index (χ1v) is 6.82. The Kier molecular flexibility index (Phi) is 3.47. The smallest absolute Gasteiger partial charge is 0.365 e. The minimum absolute atomic E-state index is 0.216. The van der Waals surface area contributed by atoms with Gasteiger partial charge in [-0.05, 0) is 19.1 Å². The molecule has 0 aliphatic carbocycles. The van der Waals surface area contributed by atoms with Crippen molar-refractivity contribution < 1.29 is 22.5 Å². The fraction of sp³-hybridized carbons (Fsp3) is 0.0909. The van der Waals surface area contributed by atoms with Crippen molar-refractivity contribution in [1.82, 2.24) is 9.89 Å². The van der Waals surface area contributed by atoms with Gasteiger partial charge in [-0.15, -0.1) is 5.10 Å². The predicted octanol–water partition coefficient (Wildman–Crippen LogP) is 0.371. The molecule has 0 unspecified atom stereocenters. The van der Waals surface area contributed by atoms with Crippen molar-refractivity contribution >= 4 is 16.1 Å². The lowest BCUT2D eigenvalue weighted by Crippen LogP contribution is -2.15. The van der Waals surface area contributed by atoms with Crippen LogP contribution in [0.2, 0.25) is 0 Å². The van der Waals surface area contributed by atoms with Gasteiger partial charge in [-0.25, -0.2) is 4.79 Å². The first-order chi connectivity index (χ1) is 9.27. The highest BCUT2D eigenvalue weighted by atomic mass is 32.2. The van der Waals surface area contributed by atoms with Gasteiger partial charge in [-0.2, -0.15) is 13.2 Å². The molecule has 1 heterocycles. The van der Waals surface area contributed by atoms with E-state index in [4.69, 9.17) is 15.1 Å². The highest BCUT2D eigenvalue weighted by molar-refractivity contribution is 7.86. The van der Waals surface area contributed by atoms with Crippen LogP contribution < -0.4 is 10.6 Å². The summed E-state index contributed by atoms with van der Waals surface area (Å²) in [6.45, 7) is 1.86. The van der Waals surface area contributed by atoms with Crippen molar-refractivity contribution in [2.24, 2.45) is 0 Å². The molecule has 3 N–H and O–H groups in total. The van der Waals surface area contributed by atoms with Gasteiger partial charge >= 0.3 is 5.97 Å². The van der Waals surface area contributed by atoms with Gasteiger partial charge in [-0.3, -0.25) is 4.55 Å². The summed E-state index contributed by atoms with van der Waals surface area (Å²) in [5.41, 5.74) is 0.380. The van der Waals surface area contributed by atoms with Crippen molar-refractivity contribution in [3.63, 3.8) is 0 Å². The van der Waals surface area contributed by atoms with Crippen molar-refractivity contribution in [2.75, 3.05) is 5.84 Å². The Balaban J connectivity index is 2.32. The standard InChI is InChI=1S/C11H11N3O5S/c1-7-2-4-8(5-3-7)19-11(15)10-9(20(16,17)18)6-14(12)13-10/h2-6H,12H2,1H3,(H,16,17,18). The molecule has 2 rings (SSSR count).